The second-order valence-electron chi connectivity index (χ2n) is 5.93. The van der Waals surface area contributed by atoms with Gasteiger partial charge in [0.1, 0.15) is 5.82 Å². The molecule has 3 aromatic rings. The van der Waals surface area contributed by atoms with E-state index in [2.05, 4.69) is 62.3 Å². The highest BCUT2D eigenvalue weighted by molar-refractivity contribution is 9.10. The van der Waals surface area contributed by atoms with Gasteiger partial charge < -0.3 is 10.2 Å². The van der Waals surface area contributed by atoms with E-state index in [1.165, 1.54) is 11.3 Å². The molecule has 0 saturated carbocycles. The Hall–Kier alpha value is -2.40. The molecule has 5 heteroatoms. The molecule has 1 aliphatic rings. The van der Waals surface area contributed by atoms with Crippen LogP contribution in [0.4, 0.5) is 23.1 Å². The summed E-state index contributed by atoms with van der Waals surface area (Å²) in [5.74, 6) is 1.52. The van der Waals surface area contributed by atoms with Gasteiger partial charge in [-0.25, -0.2) is 4.98 Å². The quantitative estimate of drug-likeness (QED) is 0.688. The second-order valence-corrected chi connectivity index (χ2v) is 6.84. The van der Waals surface area contributed by atoms with Crippen LogP contribution in [0.2, 0.25) is 0 Å². The molecule has 4 nitrogen and oxygen atoms in total. The summed E-state index contributed by atoms with van der Waals surface area (Å²) in [4.78, 5) is 11.4. The highest BCUT2D eigenvalue weighted by Gasteiger charge is 2.27. The minimum atomic E-state index is 0.385. The predicted octanol–water partition coefficient (Wildman–Crippen LogP) is 5.07. The first-order valence-corrected chi connectivity index (χ1v) is 8.73. The summed E-state index contributed by atoms with van der Waals surface area (Å²) in [6, 6.07) is 18.8. The second kappa shape index (κ2) is 6.24. The van der Waals surface area contributed by atoms with Crippen molar-refractivity contribution in [2.75, 3.05) is 10.2 Å². The van der Waals surface area contributed by atoms with Crippen molar-refractivity contribution in [3.05, 3.63) is 70.8 Å². The van der Waals surface area contributed by atoms with Crippen LogP contribution < -0.4 is 10.2 Å². The molecule has 1 unspecified atom stereocenters. The van der Waals surface area contributed by atoms with E-state index >= 15 is 0 Å². The molecular formula is C19H17BrN4. The van der Waals surface area contributed by atoms with Gasteiger partial charge in [0, 0.05) is 28.1 Å². The summed E-state index contributed by atoms with van der Waals surface area (Å²) in [6.45, 7) is 2.23. The SMILES string of the molecule is CC1Cc2ccccc2N1c1ccnc(Nc2cccc(Br)c2)n1. The lowest BCUT2D eigenvalue weighted by Crippen LogP contribution is -2.25. The normalized spacial score (nSPS) is 16.1. The molecule has 24 heavy (non-hydrogen) atoms. The van der Waals surface area contributed by atoms with Crippen molar-refractivity contribution < 1.29 is 0 Å². The molecule has 0 aliphatic carbocycles. The molecule has 1 N–H and O–H groups in total. The minimum Gasteiger partial charge on any atom is -0.324 e. The lowest BCUT2D eigenvalue weighted by atomic mass is 10.1. The zero-order valence-corrected chi connectivity index (χ0v) is 14.9. The van der Waals surface area contributed by atoms with E-state index in [1.807, 2.05) is 30.3 Å². The molecule has 1 atom stereocenters. The Morgan fingerprint density at radius 1 is 1.12 bits per heavy atom. The van der Waals surface area contributed by atoms with E-state index in [0.717, 1.165) is 22.4 Å². The zero-order valence-electron chi connectivity index (χ0n) is 13.3. The Kier molecular flexibility index (Phi) is 3.94. The average Bonchev–Trinajstić information content (AvgIpc) is 2.91. The number of nitrogens with zero attached hydrogens (tertiary/aromatic N) is 3. The molecule has 120 valence electrons. The van der Waals surface area contributed by atoms with Gasteiger partial charge >= 0.3 is 0 Å². The molecule has 2 heterocycles. The van der Waals surface area contributed by atoms with E-state index in [4.69, 9.17) is 4.98 Å². The Labute approximate surface area is 149 Å². The van der Waals surface area contributed by atoms with Crippen molar-refractivity contribution in [2.24, 2.45) is 0 Å². The molecule has 0 amide bonds. The van der Waals surface area contributed by atoms with E-state index in [9.17, 15) is 0 Å². The van der Waals surface area contributed by atoms with Crippen molar-refractivity contribution in [2.45, 2.75) is 19.4 Å². The number of nitrogens with one attached hydrogen (secondary N) is 1. The molecule has 1 aromatic heterocycles. The highest BCUT2D eigenvalue weighted by Crippen LogP contribution is 2.37. The Morgan fingerprint density at radius 2 is 2.00 bits per heavy atom. The van der Waals surface area contributed by atoms with Crippen molar-refractivity contribution in [1.82, 2.24) is 9.97 Å². The summed E-state index contributed by atoms with van der Waals surface area (Å²) in [5.41, 5.74) is 3.55. The summed E-state index contributed by atoms with van der Waals surface area (Å²) in [6.07, 6.45) is 2.84. The molecule has 0 fully saturated rings. The van der Waals surface area contributed by atoms with Crippen LogP contribution in [0.15, 0.2) is 65.3 Å². The van der Waals surface area contributed by atoms with Gasteiger partial charge in [-0.05, 0) is 49.2 Å². The number of para-hydroxylation sites is 1. The summed E-state index contributed by atoms with van der Waals surface area (Å²) < 4.78 is 1.02. The van der Waals surface area contributed by atoms with Crippen LogP contribution in [-0.4, -0.2) is 16.0 Å². The zero-order chi connectivity index (χ0) is 16.5. The predicted molar refractivity (Wildman–Crippen MR) is 101 cm³/mol. The molecule has 1 aliphatic heterocycles. The first-order valence-electron chi connectivity index (χ1n) is 7.93. The van der Waals surface area contributed by atoms with Crippen LogP contribution in [0, 0.1) is 0 Å². The maximum atomic E-state index is 4.72. The third kappa shape index (κ3) is 2.87. The lowest BCUT2D eigenvalue weighted by molar-refractivity contribution is 0.749. The van der Waals surface area contributed by atoms with Gasteiger partial charge in [0.25, 0.3) is 0 Å². The summed E-state index contributed by atoms with van der Waals surface area (Å²) in [5, 5.41) is 3.27. The maximum absolute atomic E-state index is 4.72. The van der Waals surface area contributed by atoms with Crippen LogP contribution >= 0.6 is 15.9 Å². The Morgan fingerprint density at radius 3 is 2.88 bits per heavy atom. The molecule has 0 saturated heterocycles. The monoisotopic (exact) mass is 380 g/mol. The van der Waals surface area contributed by atoms with Gasteiger partial charge in [-0.3, -0.25) is 0 Å². The minimum absolute atomic E-state index is 0.385. The van der Waals surface area contributed by atoms with Gasteiger partial charge in [0.2, 0.25) is 5.95 Å². The number of anilines is 4. The number of hydrogen-bond donors (Lipinski definition) is 1. The Bertz CT molecular complexity index is 881. The van der Waals surface area contributed by atoms with E-state index in [0.29, 0.717) is 12.0 Å². The molecule has 0 spiro atoms. The number of hydrogen-bond acceptors (Lipinski definition) is 4. The van der Waals surface area contributed by atoms with Gasteiger partial charge in [-0.2, -0.15) is 4.98 Å². The van der Waals surface area contributed by atoms with E-state index < -0.39 is 0 Å². The van der Waals surface area contributed by atoms with Gasteiger partial charge in [-0.15, -0.1) is 0 Å². The number of halogens is 1. The molecule has 0 bridgehead atoms. The smallest absolute Gasteiger partial charge is 0.229 e. The number of fused-ring (bicyclic) bond motifs is 1. The van der Waals surface area contributed by atoms with Crippen molar-refractivity contribution in [3.8, 4) is 0 Å². The third-order valence-corrected chi connectivity index (χ3v) is 4.67. The van der Waals surface area contributed by atoms with Crippen LogP contribution in [0.3, 0.4) is 0 Å². The lowest BCUT2D eigenvalue weighted by Gasteiger charge is -2.24. The fourth-order valence-electron chi connectivity index (χ4n) is 3.15. The van der Waals surface area contributed by atoms with E-state index in [-0.39, 0.29) is 0 Å². The fraction of sp³-hybridized carbons (Fsp3) is 0.158. The number of aromatic nitrogens is 2. The molecule has 2 aromatic carbocycles. The first kappa shape index (κ1) is 15.1. The van der Waals surface area contributed by atoms with Gasteiger partial charge in [0.15, 0.2) is 0 Å². The summed E-state index contributed by atoms with van der Waals surface area (Å²) in [7, 11) is 0. The molecule has 4 rings (SSSR count). The number of benzene rings is 2. The topological polar surface area (TPSA) is 41.1 Å². The first-order chi connectivity index (χ1) is 11.7. The Balaban J connectivity index is 1.66. The van der Waals surface area contributed by atoms with Crippen molar-refractivity contribution in [3.63, 3.8) is 0 Å². The largest absolute Gasteiger partial charge is 0.324 e. The van der Waals surface area contributed by atoms with Crippen molar-refractivity contribution in [1.29, 1.82) is 0 Å². The third-order valence-electron chi connectivity index (χ3n) is 4.18. The van der Waals surface area contributed by atoms with Crippen LogP contribution in [0.25, 0.3) is 0 Å². The highest BCUT2D eigenvalue weighted by atomic mass is 79.9. The number of rotatable bonds is 3. The van der Waals surface area contributed by atoms with Gasteiger partial charge in [-0.1, -0.05) is 40.2 Å². The molecular weight excluding hydrogens is 364 g/mol. The summed E-state index contributed by atoms with van der Waals surface area (Å²) >= 11 is 3.48. The van der Waals surface area contributed by atoms with Crippen LogP contribution in [-0.2, 0) is 6.42 Å². The maximum Gasteiger partial charge on any atom is 0.229 e. The standard InChI is InChI=1S/C19H17BrN4/c1-13-11-14-5-2-3-8-17(14)24(13)18-9-10-21-19(23-18)22-16-7-4-6-15(20)12-16/h2-10,12-13H,11H2,1H3,(H,21,22,23). The van der Waals surface area contributed by atoms with Crippen LogP contribution in [0.5, 0.6) is 0 Å². The van der Waals surface area contributed by atoms with Gasteiger partial charge in [0.05, 0.1) is 0 Å². The average molecular weight is 381 g/mol. The van der Waals surface area contributed by atoms with Crippen LogP contribution in [0.1, 0.15) is 12.5 Å². The van der Waals surface area contributed by atoms with E-state index in [1.54, 1.807) is 6.20 Å². The molecule has 0 radical (unpaired) electrons. The van der Waals surface area contributed by atoms with Crippen molar-refractivity contribution >= 4 is 39.1 Å². The fourth-order valence-corrected chi connectivity index (χ4v) is 3.55.